The van der Waals surface area contributed by atoms with E-state index < -0.39 is 24.2 Å². The molecule has 2 aromatic carbocycles. The molecule has 1 aliphatic rings. The first-order valence-electron chi connectivity index (χ1n) is 9.64. The molecule has 0 aliphatic carbocycles. The number of benzene rings is 2. The summed E-state index contributed by atoms with van der Waals surface area (Å²) in [7, 11) is 1.61. The molecule has 3 rings (SSSR count). The summed E-state index contributed by atoms with van der Waals surface area (Å²) in [5.41, 5.74) is 1.10. The molecule has 9 heteroatoms. The number of anilines is 1. The first-order chi connectivity index (χ1) is 14.5. The van der Waals surface area contributed by atoms with Gasteiger partial charge in [-0.05, 0) is 44.1 Å². The largest absolute Gasteiger partial charge is 0.496 e. The molecule has 0 bridgehead atoms. The Hall–Kier alpha value is -2.94. The number of likely N-dealkylation sites (tertiary alicyclic amines) is 1. The predicted molar refractivity (Wildman–Crippen MR) is 107 cm³/mol. The summed E-state index contributed by atoms with van der Waals surface area (Å²) >= 11 is 0. The number of methoxy groups -OCH3 is 1. The molecule has 2 N–H and O–H groups in total. The van der Waals surface area contributed by atoms with E-state index >= 15 is 0 Å². The number of hydrogen-bond donors (Lipinski definition) is 2. The highest BCUT2D eigenvalue weighted by atomic mass is 19.3. The summed E-state index contributed by atoms with van der Waals surface area (Å²) in [6, 6.07) is 10.3. The molecule has 1 fully saturated rings. The Morgan fingerprint density at radius 3 is 2.53 bits per heavy atom. The van der Waals surface area contributed by atoms with Crippen LogP contribution in [0, 0.1) is 5.82 Å². The monoisotopic (exact) mass is 423 g/mol. The van der Waals surface area contributed by atoms with Gasteiger partial charge in [-0.1, -0.05) is 18.2 Å². The minimum Gasteiger partial charge on any atom is -0.496 e. The number of carbonyl (C=O) groups excluding carboxylic acids is 1. The Labute approximate surface area is 173 Å². The molecule has 2 amide bonds. The van der Waals surface area contributed by atoms with E-state index in [0.29, 0.717) is 6.54 Å². The van der Waals surface area contributed by atoms with E-state index in [1.54, 1.807) is 7.11 Å². The van der Waals surface area contributed by atoms with Gasteiger partial charge in [-0.15, -0.1) is 0 Å². The number of rotatable bonds is 8. The molecule has 1 heterocycles. The lowest BCUT2D eigenvalue weighted by Gasteiger charge is -2.29. The lowest BCUT2D eigenvalue weighted by molar-refractivity contribution is -0.0521. The molecule has 1 unspecified atom stereocenters. The fraction of sp³-hybridized carbons (Fsp3) is 0.381. The zero-order chi connectivity index (χ0) is 21.5. The SMILES string of the molecule is COc1ccccc1C(CNC(=O)Nc1ccc(OC(F)F)c(F)c1)N1CCCC1. The average Bonchev–Trinajstić information content (AvgIpc) is 3.25. The van der Waals surface area contributed by atoms with Crippen LogP contribution in [0.15, 0.2) is 42.5 Å². The number of para-hydroxylation sites is 1. The van der Waals surface area contributed by atoms with Crippen LogP contribution in [0.5, 0.6) is 11.5 Å². The van der Waals surface area contributed by atoms with Gasteiger partial charge in [0.1, 0.15) is 5.75 Å². The summed E-state index contributed by atoms with van der Waals surface area (Å²) in [5, 5.41) is 5.31. The van der Waals surface area contributed by atoms with Crippen LogP contribution in [0.2, 0.25) is 0 Å². The van der Waals surface area contributed by atoms with Crippen molar-refractivity contribution in [1.82, 2.24) is 10.2 Å². The van der Waals surface area contributed by atoms with Gasteiger partial charge in [0.15, 0.2) is 11.6 Å². The topological polar surface area (TPSA) is 62.8 Å². The molecule has 2 aromatic rings. The van der Waals surface area contributed by atoms with Crippen molar-refractivity contribution in [2.75, 3.05) is 32.1 Å². The number of carbonyl (C=O) groups is 1. The van der Waals surface area contributed by atoms with Crippen molar-refractivity contribution in [3.05, 3.63) is 53.8 Å². The van der Waals surface area contributed by atoms with E-state index in [2.05, 4.69) is 20.3 Å². The second-order valence-corrected chi connectivity index (χ2v) is 6.86. The van der Waals surface area contributed by atoms with Crippen molar-refractivity contribution in [3.63, 3.8) is 0 Å². The number of hydrogen-bond acceptors (Lipinski definition) is 4. The standard InChI is InChI=1S/C21H24F3N3O3/c1-29-18-7-3-2-6-15(18)17(27-10-4-5-11-27)13-25-21(28)26-14-8-9-19(16(22)12-14)30-20(23)24/h2-3,6-9,12,17,20H,4-5,10-11,13H2,1H3,(H2,25,26,28). The smallest absolute Gasteiger partial charge is 0.387 e. The van der Waals surface area contributed by atoms with Gasteiger partial charge in [-0.2, -0.15) is 8.78 Å². The van der Waals surface area contributed by atoms with Gasteiger partial charge < -0.3 is 20.1 Å². The maximum absolute atomic E-state index is 13.8. The van der Waals surface area contributed by atoms with Crippen molar-refractivity contribution in [2.24, 2.45) is 0 Å². The number of nitrogens with zero attached hydrogens (tertiary/aromatic N) is 1. The molecule has 162 valence electrons. The molecule has 0 spiro atoms. The highest BCUT2D eigenvalue weighted by molar-refractivity contribution is 5.89. The van der Waals surface area contributed by atoms with Gasteiger partial charge in [-0.25, -0.2) is 9.18 Å². The van der Waals surface area contributed by atoms with Gasteiger partial charge in [0.05, 0.1) is 13.2 Å². The molecule has 6 nitrogen and oxygen atoms in total. The molecule has 0 aromatic heterocycles. The van der Waals surface area contributed by atoms with Crippen molar-refractivity contribution in [2.45, 2.75) is 25.5 Å². The van der Waals surface area contributed by atoms with Crippen LogP contribution in [0.4, 0.5) is 23.7 Å². The Kier molecular flexibility index (Phi) is 7.40. The van der Waals surface area contributed by atoms with Gasteiger partial charge in [0.2, 0.25) is 0 Å². The first kappa shape index (κ1) is 21.8. The third-order valence-electron chi connectivity index (χ3n) is 4.94. The maximum atomic E-state index is 13.8. The van der Waals surface area contributed by atoms with Crippen LogP contribution in [-0.2, 0) is 0 Å². The molecule has 1 aliphatic heterocycles. The molecule has 0 saturated carbocycles. The van der Waals surface area contributed by atoms with Crippen molar-refractivity contribution in [1.29, 1.82) is 0 Å². The van der Waals surface area contributed by atoms with Gasteiger partial charge >= 0.3 is 12.6 Å². The minimum absolute atomic E-state index is 0.0760. The highest BCUT2D eigenvalue weighted by Crippen LogP contribution is 2.31. The lowest BCUT2D eigenvalue weighted by atomic mass is 10.0. The fourth-order valence-corrected chi connectivity index (χ4v) is 3.57. The Morgan fingerprint density at radius 1 is 1.13 bits per heavy atom. The fourth-order valence-electron chi connectivity index (χ4n) is 3.57. The third kappa shape index (κ3) is 5.56. The van der Waals surface area contributed by atoms with Crippen LogP contribution in [-0.4, -0.2) is 44.3 Å². The second kappa shape index (κ2) is 10.2. The van der Waals surface area contributed by atoms with Crippen LogP contribution in [0.3, 0.4) is 0 Å². The summed E-state index contributed by atoms with van der Waals surface area (Å²) < 4.78 is 47.8. The van der Waals surface area contributed by atoms with E-state index in [-0.39, 0.29) is 11.7 Å². The molecule has 0 radical (unpaired) electrons. The summed E-state index contributed by atoms with van der Waals surface area (Å²) in [4.78, 5) is 14.6. The highest BCUT2D eigenvalue weighted by Gasteiger charge is 2.26. The zero-order valence-electron chi connectivity index (χ0n) is 16.5. The van der Waals surface area contributed by atoms with Crippen molar-refractivity contribution >= 4 is 11.7 Å². The molecular weight excluding hydrogens is 399 g/mol. The molecular formula is C21H24F3N3O3. The summed E-state index contributed by atoms with van der Waals surface area (Å²) in [6.07, 6.45) is 2.17. The zero-order valence-corrected chi connectivity index (χ0v) is 16.5. The minimum atomic E-state index is -3.13. The molecule has 30 heavy (non-hydrogen) atoms. The number of halogens is 3. The van der Waals surface area contributed by atoms with E-state index in [1.807, 2.05) is 24.3 Å². The lowest BCUT2D eigenvalue weighted by Crippen LogP contribution is -2.38. The number of nitrogens with one attached hydrogen (secondary N) is 2. The van der Waals surface area contributed by atoms with E-state index in [0.717, 1.165) is 49.4 Å². The number of amides is 2. The summed E-state index contributed by atoms with van der Waals surface area (Å²) in [6.45, 7) is -0.966. The van der Waals surface area contributed by atoms with Gasteiger partial charge in [0.25, 0.3) is 0 Å². The number of ether oxygens (including phenoxy) is 2. The van der Waals surface area contributed by atoms with Gasteiger partial charge in [-0.3, -0.25) is 4.90 Å². The molecule has 1 atom stereocenters. The maximum Gasteiger partial charge on any atom is 0.387 e. The van der Waals surface area contributed by atoms with Crippen LogP contribution >= 0.6 is 0 Å². The summed E-state index contributed by atoms with van der Waals surface area (Å²) in [5.74, 6) is -0.827. The average molecular weight is 423 g/mol. The number of urea groups is 1. The number of alkyl halides is 2. The Bertz CT molecular complexity index is 860. The van der Waals surface area contributed by atoms with E-state index in [9.17, 15) is 18.0 Å². The van der Waals surface area contributed by atoms with Crippen LogP contribution < -0.4 is 20.1 Å². The van der Waals surface area contributed by atoms with Gasteiger partial charge in [0, 0.05) is 23.9 Å². The normalized spacial score (nSPS) is 15.1. The van der Waals surface area contributed by atoms with E-state index in [4.69, 9.17) is 4.74 Å². The van der Waals surface area contributed by atoms with Crippen molar-refractivity contribution < 1.29 is 27.4 Å². The second-order valence-electron chi connectivity index (χ2n) is 6.86. The Balaban J connectivity index is 1.65. The Morgan fingerprint density at radius 2 is 1.87 bits per heavy atom. The quantitative estimate of drug-likeness (QED) is 0.661. The van der Waals surface area contributed by atoms with Crippen LogP contribution in [0.25, 0.3) is 0 Å². The van der Waals surface area contributed by atoms with Crippen molar-refractivity contribution in [3.8, 4) is 11.5 Å². The van der Waals surface area contributed by atoms with Crippen LogP contribution in [0.1, 0.15) is 24.4 Å². The van der Waals surface area contributed by atoms with E-state index in [1.165, 1.54) is 6.07 Å². The first-order valence-corrected chi connectivity index (χ1v) is 9.64. The predicted octanol–water partition coefficient (Wildman–Crippen LogP) is 4.39. The molecule has 1 saturated heterocycles. The third-order valence-corrected chi connectivity index (χ3v) is 4.94.